The molecule has 1 aliphatic rings. The van der Waals surface area contributed by atoms with E-state index in [0.29, 0.717) is 18.9 Å². The third-order valence-electron chi connectivity index (χ3n) is 4.72. The van der Waals surface area contributed by atoms with E-state index < -0.39 is 0 Å². The van der Waals surface area contributed by atoms with Crippen molar-refractivity contribution in [2.75, 3.05) is 0 Å². The van der Waals surface area contributed by atoms with Gasteiger partial charge in [-0.3, -0.25) is 14.5 Å². The third kappa shape index (κ3) is 2.52. The number of benzene rings is 1. The molecular formula is C18H20N6O. The molecule has 0 aliphatic carbocycles. The molecule has 3 aromatic rings. The van der Waals surface area contributed by atoms with Crippen molar-refractivity contribution in [1.29, 1.82) is 0 Å². The maximum atomic E-state index is 12.9. The minimum Gasteiger partial charge on any atom is -0.329 e. The van der Waals surface area contributed by atoms with E-state index in [-0.39, 0.29) is 11.9 Å². The number of aryl methyl sites for hydroxylation is 2. The summed E-state index contributed by atoms with van der Waals surface area (Å²) in [6.07, 6.45) is 0. The lowest BCUT2D eigenvalue weighted by Crippen LogP contribution is -2.41. The van der Waals surface area contributed by atoms with Gasteiger partial charge in [0, 0.05) is 12.2 Å². The molecular weight excluding hydrogens is 316 g/mol. The van der Waals surface area contributed by atoms with Crippen molar-refractivity contribution in [3.8, 4) is 11.4 Å². The van der Waals surface area contributed by atoms with Gasteiger partial charge >= 0.3 is 0 Å². The van der Waals surface area contributed by atoms with Crippen LogP contribution in [0.1, 0.15) is 35.7 Å². The van der Waals surface area contributed by atoms with Crippen molar-refractivity contribution in [1.82, 2.24) is 29.9 Å². The van der Waals surface area contributed by atoms with E-state index >= 15 is 0 Å². The maximum Gasteiger partial charge on any atom is 0.246 e. The van der Waals surface area contributed by atoms with Crippen LogP contribution in [0.3, 0.4) is 0 Å². The molecule has 25 heavy (non-hydrogen) atoms. The second kappa shape index (κ2) is 5.84. The highest BCUT2D eigenvalue weighted by Crippen LogP contribution is 2.31. The first-order chi connectivity index (χ1) is 12.1. The molecule has 0 radical (unpaired) electrons. The molecule has 0 fully saturated rings. The Morgan fingerprint density at radius 3 is 2.64 bits per heavy atom. The van der Waals surface area contributed by atoms with Crippen LogP contribution in [-0.2, 0) is 17.9 Å². The number of H-pyrrole nitrogens is 1. The van der Waals surface area contributed by atoms with Crippen molar-refractivity contribution in [2.45, 2.75) is 39.9 Å². The number of fused-ring (bicyclic) bond motifs is 1. The van der Waals surface area contributed by atoms with E-state index in [2.05, 4.69) is 20.4 Å². The molecule has 7 heteroatoms. The van der Waals surface area contributed by atoms with Gasteiger partial charge in [0.15, 0.2) is 11.6 Å². The topological polar surface area (TPSA) is 79.7 Å². The van der Waals surface area contributed by atoms with Crippen LogP contribution in [0.5, 0.6) is 0 Å². The van der Waals surface area contributed by atoms with Crippen LogP contribution in [0.4, 0.5) is 0 Å². The molecule has 0 unspecified atom stereocenters. The van der Waals surface area contributed by atoms with Gasteiger partial charge in [-0.2, -0.15) is 5.10 Å². The lowest BCUT2D eigenvalue weighted by molar-refractivity contribution is -0.137. The highest BCUT2D eigenvalue weighted by Gasteiger charge is 2.34. The van der Waals surface area contributed by atoms with E-state index in [4.69, 9.17) is 0 Å². The van der Waals surface area contributed by atoms with Crippen LogP contribution in [0, 0.1) is 13.8 Å². The van der Waals surface area contributed by atoms with E-state index in [1.165, 1.54) is 0 Å². The van der Waals surface area contributed by atoms with Crippen molar-refractivity contribution in [3.63, 3.8) is 0 Å². The lowest BCUT2D eigenvalue weighted by Gasteiger charge is -2.32. The predicted molar refractivity (Wildman–Crippen MR) is 92.5 cm³/mol. The fourth-order valence-electron chi connectivity index (χ4n) is 3.45. The zero-order valence-electron chi connectivity index (χ0n) is 14.5. The quantitative estimate of drug-likeness (QED) is 0.796. The Morgan fingerprint density at radius 1 is 1.20 bits per heavy atom. The van der Waals surface area contributed by atoms with Gasteiger partial charge in [0.2, 0.25) is 5.91 Å². The number of rotatable bonds is 3. The number of amides is 1. The first kappa shape index (κ1) is 15.6. The van der Waals surface area contributed by atoms with Crippen molar-refractivity contribution < 1.29 is 4.79 Å². The Balaban J connectivity index is 1.70. The zero-order chi connectivity index (χ0) is 17.6. The summed E-state index contributed by atoms with van der Waals surface area (Å²) in [5.41, 5.74) is 3.82. The standard InChI is InChI=1S/C18H20N6O/c1-11-16(12(2)20-19-11)17-22-21-15-10-23(18(25)13(3)24(15)17)9-14-7-5-4-6-8-14/h4-8,13H,9-10H2,1-3H3,(H,19,20)/t13-/m0/s1. The largest absolute Gasteiger partial charge is 0.329 e. The number of hydrogen-bond donors (Lipinski definition) is 1. The van der Waals surface area contributed by atoms with Gasteiger partial charge in [-0.15, -0.1) is 10.2 Å². The summed E-state index contributed by atoms with van der Waals surface area (Å²) in [4.78, 5) is 14.7. The van der Waals surface area contributed by atoms with Gasteiger partial charge in [-0.1, -0.05) is 30.3 Å². The minimum absolute atomic E-state index is 0.0798. The molecule has 2 aromatic heterocycles. The first-order valence-corrected chi connectivity index (χ1v) is 8.34. The molecule has 0 spiro atoms. The smallest absolute Gasteiger partial charge is 0.246 e. The average molecular weight is 336 g/mol. The molecule has 0 saturated carbocycles. The Hall–Kier alpha value is -2.96. The van der Waals surface area contributed by atoms with Gasteiger partial charge in [-0.25, -0.2) is 0 Å². The number of aromatic amines is 1. The normalized spacial score (nSPS) is 17.0. The highest BCUT2D eigenvalue weighted by molar-refractivity contribution is 5.82. The summed E-state index contributed by atoms with van der Waals surface area (Å²) >= 11 is 0. The first-order valence-electron chi connectivity index (χ1n) is 8.34. The molecule has 4 rings (SSSR count). The number of nitrogens with zero attached hydrogens (tertiary/aromatic N) is 5. The van der Waals surface area contributed by atoms with Crippen LogP contribution in [0.2, 0.25) is 0 Å². The number of hydrogen-bond acceptors (Lipinski definition) is 4. The minimum atomic E-state index is -0.342. The molecule has 0 saturated heterocycles. The average Bonchev–Trinajstić information content (AvgIpc) is 3.16. The summed E-state index contributed by atoms with van der Waals surface area (Å²) in [6, 6.07) is 9.66. The van der Waals surface area contributed by atoms with Crippen LogP contribution < -0.4 is 0 Å². The Bertz CT molecular complexity index is 907. The maximum absolute atomic E-state index is 12.9. The van der Waals surface area contributed by atoms with E-state index in [1.807, 2.05) is 60.6 Å². The van der Waals surface area contributed by atoms with E-state index in [9.17, 15) is 4.79 Å². The molecule has 7 nitrogen and oxygen atoms in total. The fourth-order valence-corrected chi connectivity index (χ4v) is 3.45. The third-order valence-corrected chi connectivity index (χ3v) is 4.72. The van der Waals surface area contributed by atoms with Crippen LogP contribution in [0.15, 0.2) is 30.3 Å². The Labute approximate surface area is 145 Å². The molecule has 128 valence electrons. The predicted octanol–water partition coefficient (Wildman–Crippen LogP) is 2.39. The summed E-state index contributed by atoms with van der Waals surface area (Å²) in [5.74, 6) is 1.59. The van der Waals surface area contributed by atoms with Crippen LogP contribution in [-0.4, -0.2) is 35.8 Å². The lowest BCUT2D eigenvalue weighted by atomic mass is 10.1. The Morgan fingerprint density at radius 2 is 1.96 bits per heavy atom. The number of aromatic nitrogens is 5. The van der Waals surface area contributed by atoms with Crippen molar-refractivity contribution in [2.24, 2.45) is 0 Å². The van der Waals surface area contributed by atoms with Crippen LogP contribution in [0.25, 0.3) is 11.4 Å². The highest BCUT2D eigenvalue weighted by atomic mass is 16.2. The zero-order valence-corrected chi connectivity index (χ0v) is 14.5. The number of nitrogens with one attached hydrogen (secondary N) is 1. The second-order valence-electron chi connectivity index (χ2n) is 6.47. The monoisotopic (exact) mass is 336 g/mol. The van der Waals surface area contributed by atoms with E-state index in [1.54, 1.807) is 0 Å². The second-order valence-corrected chi connectivity index (χ2v) is 6.47. The summed E-state index contributed by atoms with van der Waals surface area (Å²) in [5, 5.41) is 15.9. The molecule has 0 bridgehead atoms. The van der Waals surface area contributed by atoms with Crippen LogP contribution >= 0.6 is 0 Å². The Kier molecular flexibility index (Phi) is 3.63. The van der Waals surface area contributed by atoms with Gasteiger partial charge in [-0.05, 0) is 26.3 Å². The summed E-state index contributed by atoms with van der Waals surface area (Å²) in [7, 11) is 0. The molecule has 1 atom stereocenters. The fraction of sp³-hybridized carbons (Fsp3) is 0.333. The molecule has 1 aromatic carbocycles. The van der Waals surface area contributed by atoms with Gasteiger partial charge in [0.05, 0.1) is 17.8 Å². The molecule has 1 aliphatic heterocycles. The summed E-state index contributed by atoms with van der Waals surface area (Å²) in [6.45, 7) is 6.82. The molecule has 1 N–H and O–H groups in total. The van der Waals surface area contributed by atoms with Crippen molar-refractivity contribution in [3.05, 3.63) is 53.1 Å². The SMILES string of the molecule is Cc1n[nH]c(C)c1-c1nnc2n1[C@@H](C)C(=O)N(Cc1ccccc1)C2. The van der Waals surface area contributed by atoms with Gasteiger partial charge in [0.25, 0.3) is 0 Å². The number of carbonyl (C=O) groups is 1. The van der Waals surface area contributed by atoms with Gasteiger partial charge in [0.1, 0.15) is 6.04 Å². The molecule has 1 amide bonds. The molecule has 3 heterocycles. The van der Waals surface area contributed by atoms with E-state index in [0.717, 1.165) is 28.3 Å². The summed E-state index contributed by atoms with van der Waals surface area (Å²) < 4.78 is 1.94. The van der Waals surface area contributed by atoms with Crippen molar-refractivity contribution >= 4 is 5.91 Å². The number of carbonyl (C=O) groups excluding carboxylic acids is 1. The van der Waals surface area contributed by atoms with Gasteiger partial charge < -0.3 is 4.90 Å².